The van der Waals surface area contributed by atoms with Gasteiger partial charge in [-0.3, -0.25) is 24.3 Å². The molecule has 1 fully saturated rings. The molecule has 1 aromatic carbocycles. The number of nitrogens with zero attached hydrogens (tertiary/aromatic N) is 3. The number of ether oxygens (including phenoxy) is 1. The summed E-state index contributed by atoms with van der Waals surface area (Å²) in [4.78, 5) is 45.0. The lowest BCUT2D eigenvalue weighted by Crippen LogP contribution is -2.45. The molecule has 0 unspecified atom stereocenters. The lowest BCUT2D eigenvalue weighted by Gasteiger charge is -2.30. The Morgan fingerprint density at radius 3 is 2.73 bits per heavy atom. The van der Waals surface area contributed by atoms with Gasteiger partial charge in [-0.1, -0.05) is 6.07 Å². The van der Waals surface area contributed by atoms with Crippen molar-refractivity contribution >= 4 is 23.4 Å². The fraction of sp³-hybridized carbons (Fsp3) is 0.364. The average molecular weight is 408 g/mol. The van der Waals surface area contributed by atoms with E-state index in [1.807, 2.05) is 11.0 Å². The number of carbonyl (C=O) groups is 3. The van der Waals surface area contributed by atoms with Gasteiger partial charge in [-0.2, -0.15) is 0 Å². The van der Waals surface area contributed by atoms with Crippen LogP contribution in [0.15, 0.2) is 42.7 Å². The summed E-state index contributed by atoms with van der Waals surface area (Å²) in [7, 11) is 0. The summed E-state index contributed by atoms with van der Waals surface area (Å²) in [5.74, 6) is -0.184. The first kappa shape index (κ1) is 19.9. The van der Waals surface area contributed by atoms with E-state index in [0.29, 0.717) is 23.5 Å². The normalized spacial score (nSPS) is 15.9. The SMILES string of the molecule is O=C(CN1C(=O)COc2ccc(C(=O)N3CCCCC3)cc21)NCc1cccnc1. The van der Waals surface area contributed by atoms with Crippen molar-refractivity contribution in [3.63, 3.8) is 0 Å². The van der Waals surface area contributed by atoms with Gasteiger partial charge in [0.25, 0.3) is 11.8 Å². The predicted molar refractivity (Wildman–Crippen MR) is 110 cm³/mol. The first-order valence-corrected chi connectivity index (χ1v) is 10.1. The molecule has 2 aliphatic rings. The topological polar surface area (TPSA) is 91.8 Å². The van der Waals surface area contributed by atoms with E-state index in [4.69, 9.17) is 4.74 Å². The molecule has 0 atom stereocenters. The van der Waals surface area contributed by atoms with Crippen molar-refractivity contribution in [1.82, 2.24) is 15.2 Å². The monoisotopic (exact) mass is 408 g/mol. The maximum Gasteiger partial charge on any atom is 0.265 e. The van der Waals surface area contributed by atoms with Gasteiger partial charge in [0.15, 0.2) is 6.61 Å². The first-order chi connectivity index (χ1) is 14.6. The summed E-state index contributed by atoms with van der Waals surface area (Å²) in [6.07, 6.45) is 6.48. The summed E-state index contributed by atoms with van der Waals surface area (Å²) >= 11 is 0. The standard InChI is InChI=1S/C22H24N4O4/c27-20(24-13-16-5-4-8-23-12-16)14-26-18-11-17(6-7-19(18)30-15-21(26)28)22(29)25-9-2-1-3-10-25/h4-8,11-12H,1-3,9-10,13-15H2,(H,24,27). The second kappa shape index (κ2) is 8.94. The van der Waals surface area contributed by atoms with Crippen molar-refractivity contribution < 1.29 is 19.1 Å². The number of fused-ring (bicyclic) bond motifs is 1. The Bertz CT molecular complexity index is 941. The van der Waals surface area contributed by atoms with Crippen molar-refractivity contribution in [1.29, 1.82) is 0 Å². The van der Waals surface area contributed by atoms with Crippen LogP contribution in [0.1, 0.15) is 35.2 Å². The maximum atomic E-state index is 12.9. The molecule has 0 saturated carbocycles. The van der Waals surface area contributed by atoms with Gasteiger partial charge in [0.1, 0.15) is 12.3 Å². The molecule has 0 bridgehead atoms. The van der Waals surface area contributed by atoms with Crippen LogP contribution in [0.5, 0.6) is 5.75 Å². The molecule has 1 saturated heterocycles. The van der Waals surface area contributed by atoms with E-state index in [2.05, 4.69) is 10.3 Å². The van der Waals surface area contributed by atoms with Crippen molar-refractivity contribution in [2.75, 3.05) is 31.1 Å². The van der Waals surface area contributed by atoms with Crippen molar-refractivity contribution in [3.8, 4) is 5.75 Å². The molecule has 2 aliphatic heterocycles. The zero-order valence-corrected chi connectivity index (χ0v) is 16.7. The smallest absolute Gasteiger partial charge is 0.265 e. The quantitative estimate of drug-likeness (QED) is 0.814. The number of nitrogens with one attached hydrogen (secondary N) is 1. The summed E-state index contributed by atoms with van der Waals surface area (Å²) in [5, 5.41) is 2.80. The van der Waals surface area contributed by atoms with E-state index in [-0.39, 0.29) is 30.9 Å². The highest BCUT2D eigenvalue weighted by atomic mass is 16.5. The van der Waals surface area contributed by atoms with Crippen LogP contribution in [0.3, 0.4) is 0 Å². The Morgan fingerprint density at radius 2 is 1.97 bits per heavy atom. The molecule has 0 radical (unpaired) electrons. The molecule has 8 heteroatoms. The highest BCUT2D eigenvalue weighted by Gasteiger charge is 2.29. The zero-order chi connectivity index (χ0) is 20.9. The van der Waals surface area contributed by atoms with Crippen LogP contribution in [0, 0.1) is 0 Å². The number of pyridine rings is 1. The Labute approximate surface area is 174 Å². The van der Waals surface area contributed by atoms with Crippen molar-refractivity contribution in [3.05, 3.63) is 53.9 Å². The van der Waals surface area contributed by atoms with Gasteiger partial charge in [0.05, 0.1) is 5.69 Å². The van der Waals surface area contributed by atoms with Crippen LogP contribution >= 0.6 is 0 Å². The third-order valence-corrected chi connectivity index (χ3v) is 5.31. The van der Waals surface area contributed by atoms with Gasteiger partial charge >= 0.3 is 0 Å². The van der Waals surface area contributed by atoms with E-state index < -0.39 is 0 Å². The van der Waals surface area contributed by atoms with Crippen LogP contribution in [0.4, 0.5) is 5.69 Å². The number of likely N-dealkylation sites (tertiary alicyclic amines) is 1. The molecule has 8 nitrogen and oxygen atoms in total. The molecule has 3 amide bonds. The molecule has 156 valence electrons. The minimum absolute atomic E-state index is 0.0588. The molecule has 1 N–H and O–H groups in total. The second-order valence-corrected chi connectivity index (χ2v) is 7.44. The molecular weight excluding hydrogens is 384 g/mol. The maximum absolute atomic E-state index is 12.9. The van der Waals surface area contributed by atoms with Gasteiger partial charge in [0.2, 0.25) is 5.91 Å². The minimum Gasteiger partial charge on any atom is -0.482 e. The first-order valence-electron chi connectivity index (χ1n) is 10.1. The number of carbonyl (C=O) groups excluding carboxylic acids is 3. The third kappa shape index (κ3) is 4.42. The second-order valence-electron chi connectivity index (χ2n) is 7.44. The number of anilines is 1. The van der Waals surface area contributed by atoms with Crippen LogP contribution in [-0.2, 0) is 16.1 Å². The Kier molecular flexibility index (Phi) is 5.92. The number of piperidine rings is 1. The molecule has 0 spiro atoms. The minimum atomic E-state index is -0.318. The summed E-state index contributed by atoms with van der Waals surface area (Å²) < 4.78 is 5.50. The molecule has 0 aliphatic carbocycles. The van der Waals surface area contributed by atoms with E-state index >= 15 is 0 Å². The van der Waals surface area contributed by atoms with Crippen molar-refractivity contribution in [2.24, 2.45) is 0 Å². The zero-order valence-electron chi connectivity index (χ0n) is 16.7. The van der Waals surface area contributed by atoms with E-state index in [1.54, 1.807) is 36.7 Å². The lowest BCUT2D eigenvalue weighted by molar-refractivity contribution is -0.125. The Balaban J connectivity index is 1.48. The number of hydrogen-bond donors (Lipinski definition) is 1. The van der Waals surface area contributed by atoms with E-state index in [9.17, 15) is 14.4 Å². The Hall–Kier alpha value is -3.42. The summed E-state index contributed by atoms with van der Waals surface area (Å²) in [6.45, 7) is 1.53. The van der Waals surface area contributed by atoms with Gasteiger partial charge in [0, 0.05) is 37.6 Å². The van der Waals surface area contributed by atoms with Gasteiger partial charge in [-0.15, -0.1) is 0 Å². The molecule has 1 aromatic heterocycles. The summed E-state index contributed by atoms with van der Waals surface area (Å²) in [5.41, 5.74) is 1.81. The fourth-order valence-electron chi connectivity index (χ4n) is 3.69. The molecule has 4 rings (SSSR count). The van der Waals surface area contributed by atoms with Crippen LogP contribution < -0.4 is 15.0 Å². The average Bonchev–Trinajstić information content (AvgIpc) is 2.80. The van der Waals surface area contributed by atoms with E-state index in [0.717, 1.165) is 37.9 Å². The predicted octanol–water partition coefficient (Wildman–Crippen LogP) is 1.75. The largest absolute Gasteiger partial charge is 0.482 e. The highest BCUT2D eigenvalue weighted by molar-refractivity contribution is 6.04. The van der Waals surface area contributed by atoms with Crippen LogP contribution in [0.25, 0.3) is 0 Å². The Morgan fingerprint density at radius 1 is 1.13 bits per heavy atom. The molecule has 3 heterocycles. The van der Waals surface area contributed by atoms with E-state index in [1.165, 1.54) is 4.90 Å². The number of amides is 3. The molecule has 30 heavy (non-hydrogen) atoms. The van der Waals surface area contributed by atoms with Crippen LogP contribution in [0.2, 0.25) is 0 Å². The molecular formula is C22H24N4O4. The van der Waals surface area contributed by atoms with Gasteiger partial charge in [-0.05, 0) is 49.1 Å². The lowest BCUT2D eigenvalue weighted by atomic mass is 10.1. The summed E-state index contributed by atoms with van der Waals surface area (Å²) in [6, 6.07) is 8.72. The fourth-order valence-corrected chi connectivity index (χ4v) is 3.69. The highest BCUT2D eigenvalue weighted by Crippen LogP contribution is 2.33. The number of rotatable bonds is 5. The van der Waals surface area contributed by atoms with Gasteiger partial charge in [-0.25, -0.2) is 0 Å². The third-order valence-electron chi connectivity index (χ3n) is 5.31. The number of aromatic nitrogens is 1. The van der Waals surface area contributed by atoms with Gasteiger partial charge < -0.3 is 15.0 Å². The number of benzene rings is 1. The van der Waals surface area contributed by atoms with Crippen LogP contribution in [-0.4, -0.2) is 53.8 Å². The molecule has 2 aromatic rings. The van der Waals surface area contributed by atoms with Crippen molar-refractivity contribution in [2.45, 2.75) is 25.8 Å². The number of hydrogen-bond acceptors (Lipinski definition) is 5.